The number of carbonyl (C=O) groups excluding carboxylic acids is 2. The molecule has 32 heavy (non-hydrogen) atoms. The highest BCUT2D eigenvalue weighted by molar-refractivity contribution is 8.13. The maximum absolute atomic E-state index is 12.8. The number of hydrazine groups is 1. The largest absolute Gasteiger partial charge is 0.479 e. The van der Waals surface area contributed by atoms with Gasteiger partial charge in [-0.1, -0.05) is 17.8 Å². The number of hydrogen-bond donors (Lipinski definition) is 1. The van der Waals surface area contributed by atoms with E-state index < -0.39 is 12.0 Å². The maximum Gasteiger partial charge on any atom is 0.339 e. The van der Waals surface area contributed by atoms with Gasteiger partial charge in [-0.15, -0.1) is 0 Å². The molecule has 1 aromatic carbocycles. The molecule has 1 aromatic heterocycles. The smallest absolute Gasteiger partial charge is 0.339 e. The van der Waals surface area contributed by atoms with E-state index in [-0.39, 0.29) is 5.12 Å². The van der Waals surface area contributed by atoms with Crippen LogP contribution in [0.15, 0.2) is 24.3 Å². The van der Waals surface area contributed by atoms with Gasteiger partial charge < -0.3 is 19.8 Å². The van der Waals surface area contributed by atoms with Gasteiger partial charge in [0.05, 0.1) is 25.5 Å². The van der Waals surface area contributed by atoms with Crippen molar-refractivity contribution in [3.05, 3.63) is 46.6 Å². The zero-order valence-electron chi connectivity index (χ0n) is 19.4. The molecule has 0 spiro atoms. The molecule has 9 heteroatoms. The van der Waals surface area contributed by atoms with E-state index in [0.717, 1.165) is 12.2 Å². The minimum absolute atomic E-state index is 0.0544. The monoisotopic (exact) mass is 458 g/mol. The van der Waals surface area contributed by atoms with Crippen molar-refractivity contribution in [2.75, 3.05) is 50.4 Å². The van der Waals surface area contributed by atoms with Gasteiger partial charge in [0.1, 0.15) is 11.7 Å². The number of nitrogens with zero attached hydrogens (tertiary/aromatic N) is 3. The Morgan fingerprint density at radius 2 is 1.78 bits per heavy atom. The summed E-state index contributed by atoms with van der Waals surface area (Å²) in [5, 5.41) is 1.95. The number of carbonyl (C=O) groups is 2. The summed E-state index contributed by atoms with van der Waals surface area (Å²) in [6.45, 7) is 7.75. The molecule has 172 valence electrons. The number of hydrogen-bond acceptors (Lipinski definition) is 9. The van der Waals surface area contributed by atoms with Crippen LogP contribution in [0.2, 0.25) is 0 Å². The zero-order valence-corrected chi connectivity index (χ0v) is 20.2. The van der Waals surface area contributed by atoms with Crippen molar-refractivity contribution in [1.29, 1.82) is 0 Å². The van der Waals surface area contributed by atoms with Crippen molar-refractivity contribution < 1.29 is 19.1 Å². The standard InChI is InChI=1S/C23H30N4O4S/c1-14-9-15(2)11-17(10-14)26-7-8-27(20(13-26)23(29)32-6)25-19-12-18(22(28)31-5)16(3)24-21(19)30-4/h9-12,20,25H,7-8,13H2,1-6H3. The van der Waals surface area contributed by atoms with Gasteiger partial charge in [0.2, 0.25) is 11.0 Å². The maximum atomic E-state index is 12.8. The predicted molar refractivity (Wildman–Crippen MR) is 128 cm³/mol. The van der Waals surface area contributed by atoms with Crippen LogP contribution >= 0.6 is 11.8 Å². The summed E-state index contributed by atoms with van der Waals surface area (Å²) in [5.41, 5.74) is 8.15. The second-order valence-corrected chi connectivity index (χ2v) is 8.62. The lowest BCUT2D eigenvalue weighted by Crippen LogP contribution is -2.58. The molecule has 1 N–H and O–H groups in total. The van der Waals surface area contributed by atoms with E-state index in [1.165, 1.54) is 37.1 Å². The number of pyridine rings is 1. The Labute approximate surface area is 193 Å². The highest BCUT2D eigenvalue weighted by Crippen LogP contribution is 2.29. The fraction of sp³-hybridized carbons (Fsp3) is 0.435. The molecular weight excluding hydrogens is 428 g/mol. The number of methoxy groups -OCH3 is 2. The average molecular weight is 459 g/mol. The molecule has 8 nitrogen and oxygen atoms in total. The third-order valence-corrected chi connectivity index (χ3v) is 6.14. The van der Waals surface area contributed by atoms with E-state index in [9.17, 15) is 9.59 Å². The molecular formula is C23H30N4O4S. The summed E-state index contributed by atoms with van der Waals surface area (Å²) >= 11 is 1.20. The number of aromatic nitrogens is 1. The molecule has 1 saturated heterocycles. The molecule has 0 amide bonds. The van der Waals surface area contributed by atoms with Crippen LogP contribution in [0.3, 0.4) is 0 Å². The molecule has 0 radical (unpaired) electrons. The van der Waals surface area contributed by atoms with Gasteiger partial charge in [0, 0.05) is 25.3 Å². The number of aryl methyl sites for hydroxylation is 3. The lowest BCUT2D eigenvalue weighted by atomic mass is 10.1. The fourth-order valence-corrected chi connectivity index (χ4v) is 4.39. The number of nitrogens with one attached hydrogen (secondary N) is 1. The van der Waals surface area contributed by atoms with Crippen molar-refractivity contribution in [1.82, 2.24) is 9.99 Å². The van der Waals surface area contributed by atoms with Crippen molar-refractivity contribution in [2.45, 2.75) is 26.8 Å². The van der Waals surface area contributed by atoms with Gasteiger partial charge in [0.25, 0.3) is 0 Å². The highest BCUT2D eigenvalue weighted by atomic mass is 32.2. The summed E-state index contributed by atoms with van der Waals surface area (Å²) in [6.07, 6.45) is 1.79. The topological polar surface area (TPSA) is 84.0 Å². The van der Waals surface area contributed by atoms with E-state index in [1.807, 2.05) is 5.01 Å². The summed E-state index contributed by atoms with van der Waals surface area (Å²) < 4.78 is 10.3. The number of rotatable bonds is 6. The Morgan fingerprint density at radius 1 is 1.09 bits per heavy atom. The molecule has 0 saturated carbocycles. The second-order valence-electron chi connectivity index (χ2n) is 7.81. The Bertz CT molecular complexity index is 993. The second kappa shape index (κ2) is 10.2. The number of piperazine rings is 1. The van der Waals surface area contributed by atoms with Crippen LogP contribution in [0.4, 0.5) is 11.4 Å². The van der Waals surface area contributed by atoms with Crippen LogP contribution in [-0.2, 0) is 9.53 Å². The first-order valence-corrected chi connectivity index (χ1v) is 11.6. The van der Waals surface area contributed by atoms with Crippen LogP contribution in [0.1, 0.15) is 27.2 Å². The van der Waals surface area contributed by atoms with Crippen LogP contribution < -0.4 is 15.1 Å². The van der Waals surface area contributed by atoms with Crippen LogP contribution in [0, 0.1) is 20.8 Å². The van der Waals surface area contributed by atoms with Crippen LogP contribution in [0.25, 0.3) is 0 Å². The molecule has 1 aliphatic rings. The van der Waals surface area contributed by atoms with Gasteiger partial charge in [-0.05, 0) is 56.4 Å². The number of ether oxygens (including phenoxy) is 2. The average Bonchev–Trinajstić information content (AvgIpc) is 2.78. The predicted octanol–water partition coefficient (Wildman–Crippen LogP) is 3.21. The molecule has 2 aromatic rings. The molecule has 0 aliphatic carbocycles. The number of benzene rings is 1. The van der Waals surface area contributed by atoms with Crippen molar-refractivity contribution in [3.8, 4) is 5.88 Å². The van der Waals surface area contributed by atoms with Gasteiger partial charge in [-0.3, -0.25) is 4.79 Å². The first kappa shape index (κ1) is 23.9. The molecule has 3 rings (SSSR count). The number of thioether (sulfide) groups is 1. The minimum atomic E-state index is -0.475. The first-order chi connectivity index (χ1) is 15.3. The van der Waals surface area contributed by atoms with E-state index >= 15 is 0 Å². The number of anilines is 2. The molecule has 1 unspecified atom stereocenters. The zero-order chi connectivity index (χ0) is 23.4. The Balaban J connectivity index is 1.89. The van der Waals surface area contributed by atoms with Gasteiger partial charge in [-0.25, -0.2) is 14.8 Å². The molecule has 1 fully saturated rings. The van der Waals surface area contributed by atoms with Gasteiger partial charge in [-0.2, -0.15) is 0 Å². The lowest BCUT2D eigenvalue weighted by molar-refractivity contribution is -0.115. The third-order valence-electron chi connectivity index (χ3n) is 5.47. The van der Waals surface area contributed by atoms with E-state index in [4.69, 9.17) is 9.47 Å². The third kappa shape index (κ3) is 5.16. The van der Waals surface area contributed by atoms with Crippen molar-refractivity contribution in [3.63, 3.8) is 0 Å². The first-order valence-electron chi connectivity index (χ1n) is 10.4. The molecule has 0 bridgehead atoms. The Morgan fingerprint density at radius 3 is 2.38 bits per heavy atom. The van der Waals surface area contributed by atoms with E-state index in [1.54, 1.807) is 19.2 Å². The summed E-state index contributed by atoms with van der Waals surface area (Å²) in [6, 6.07) is 7.69. The molecule has 1 atom stereocenters. The normalized spacial score (nSPS) is 16.6. The summed E-state index contributed by atoms with van der Waals surface area (Å²) in [7, 11) is 2.85. The quantitative estimate of drug-likeness (QED) is 0.656. The van der Waals surface area contributed by atoms with E-state index in [2.05, 4.69) is 47.4 Å². The lowest BCUT2D eigenvalue weighted by Gasteiger charge is -2.41. The Hall–Kier alpha value is -2.78. The highest BCUT2D eigenvalue weighted by Gasteiger charge is 2.33. The molecule has 2 heterocycles. The molecule has 1 aliphatic heterocycles. The Kier molecular flexibility index (Phi) is 7.63. The van der Waals surface area contributed by atoms with Crippen molar-refractivity contribution in [2.24, 2.45) is 0 Å². The van der Waals surface area contributed by atoms with Gasteiger partial charge >= 0.3 is 5.97 Å². The summed E-state index contributed by atoms with van der Waals surface area (Å²) in [4.78, 5) is 31.6. The summed E-state index contributed by atoms with van der Waals surface area (Å²) in [5.74, 6) is -0.126. The number of esters is 1. The van der Waals surface area contributed by atoms with Crippen LogP contribution in [0.5, 0.6) is 5.88 Å². The van der Waals surface area contributed by atoms with Gasteiger partial charge in [0.15, 0.2) is 0 Å². The fourth-order valence-electron chi connectivity index (χ4n) is 3.91. The van der Waals surface area contributed by atoms with Crippen molar-refractivity contribution >= 4 is 34.2 Å². The van der Waals surface area contributed by atoms with Crippen LogP contribution in [-0.4, -0.2) is 67.2 Å². The minimum Gasteiger partial charge on any atom is -0.479 e. The van der Waals surface area contributed by atoms with E-state index in [0.29, 0.717) is 35.9 Å². The SMILES string of the molecule is COC(=O)c1cc(NN2CCN(c3cc(C)cc(C)c3)CC2C(=O)SC)c(OC)nc1C.